The standard InChI is InChI=1S/C30H28FN2/c1-19-8-13-23-24-7-6-16-32-29(24)30(14-4-5-15-30)28(23)27(19)26-17-20(2)25(18-33(26)3)21-9-11-22(31)12-10-21/h6-13,16-18H,4-5,14-15H2,1-3H3/q+1. The highest BCUT2D eigenvalue weighted by molar-refractivity contribution is 5.88. The van der Waals surface area contributed by atoms with Crippen molar-refractivity contribution in [2.24, 2.45) is 7.05 Å². The third-order valence-electron chi connectivity index (χ3n) is 7.79. The zero-order valence-corrected chi connectivity index (χ0v) is 19.5. The van der Waals surface area contributed by atoms with E-state index in [9.17, 15) is 4.39 Å². The van der Waals surface area contributed by atoms with Crippen molar-refractivity contribution >= 4 is 0 Å². The molecule has 0 N–H and O–H groups in total. The molecule has 0 saturated heterocycles. The Morgan fingerprint density at radius 2 is 1.64 bits per heavy atom. The van der Waals surface area contributed by atoms with Crippen molar-refractivity contribution in [1.29, 1.82) is 0 Å². The fourth-order valence-electron chi connectivity index (χ4n) is 6.28. The highest BCUT2D eigenvalue weighted by Crippen LogP contribution is 2.58. The second-order valence-electron chi connectivity index (χ2n) is 9.74. The Kier molecular flexibility index (Phi) is 4.52. The van der Waals surface area contributed by atoms with Crippen molar-refractivity contribution in [2.75, 3.05) is 0 Å². The maximum absolute atomic E-state index is 13.5. The van der Waals surface area contributed by atoms with E-state index < -0.39 is 0 Å². The van der Waals surface area contributed by atoms with Crippen molar-refractivity contribution in [2.45, 2.75) is 44.9 Å². The van der Waals surface area contributed by atoms with Crippen LogP contribution in [0.3, 0.4) is 0 Å². The van der Waals surface area contributed by atoms with Crippen LogP contribution in [0.4, 0.5) is 4.39 Å². The third-order valence-corrected chi connectivity index (χ3v) is 7.79. The molecule has 0 aliphatic heterocycles. The Bertz CT molecular complexity index is 1400. The summed E-state index contributed by atoms with van der Waals surface area (Å²) in [5.74, 6) is -0.206. The molecule has 33 heavy (non-hydrogen) atoms. The highest BCUT2D eigenvalue weighted by Gasteiger charge is 2.48. The van der Waals surface area contributed by atoms with E-state index in [4.69, 9.17) is 4.98 Å². The lowest BCUT2D eigenvalue weighted by molar-refractivity contribution is -0.660. The van der Waals surface area contributed by atoms with E-state index in [-0.39, 0.29) is 11.2 Å². The summed E-state index contributed by atoms with van der Waals surface area (Å²) in [4.78, 5) is 4.94. The van der Waals surface area contributed by atoms with Gasteiger partial charge in [0.05, 0.1) is 11.3 Å². The lowest BCUT2D eigenvalue weighted by Gasteiger charge is -2.28. The van der Waals surface area contributed by atoms with E-state index >= 15 is 0 Å². The molecule has 6 rings (SSSR count). The smallest absolute Gasteiger partial charge is 0.213 e. The van der Waals surface area contributed by atoms with Crippen LogP contribution in [0.1, 0.15) is 48.1 Å². The number of nitrogens with zero attached hydrogens (tertiary/aromatic N) is 2. The number of hydrogen-bond donors (Lipinski definition) is 0. The number of aryl methyl sites for hydroxylation is 3. The van der Waals surface area contributed by atoms with Gasteiger partial charge in [0.15, 0.2) is 6.20 Å². The fraction of sp³-hybridized carbons (Fsp3) is 0.267. The number of rotatable bonds is 2. The predicted molar refractivity (Wildman–Crippen MR) is 130 cm³/mol. The molecule has 1 saturated carbocycles. The van der Waals surface area contributed by atoms with Crippen LogP contribution in [0.5, 0.6) is 0 Å². The van der Waals surface area contributed by atoms with Crippen molar-refractivity contribution in [1.82, 2.24) is 4.98 Å². The second kappa shape index (κ2) is 7.34. The Balaban J connectivity index is 1.60. The molecule has 0 amide bonds. The lowest BCUT2D eigenvalue weighted by atomic mass is 9.75. The molecule has 4 aromatic rings. The predicted octanol–water partition coefficient (Wildman–Crippen LogP) is 6.84. The van der Waals surface area contributed by atoms with Crippen molar-refractivity contribution in [3.05, 3.63) is 95.2 Å². The van der Waals surface area contributed by atoms with E-state index in [0.717, 1.165) is 24.0 Å². The summed E-state index contributed by atoms with van der Waals surface area (Å²) in [6.07, 6.45) is 8.97. The van der Waals surface area contributed by atoms with Gasteiger partial charge in [-0.3, -0.25) is 4.98 Å². The summed E-state index contributed by atoms with van der Waals surface area (Å²) in [6.45, 7) is 4.39. The van der Waals surface area contributed by atoms with Crippen LogP contribution < -0.4 is 4.57 Å². The van der Waals surface area contributed by atoms with E-state index in [0.29, 0.717) is 0 Å². The first-order valence-electron chi connectivity index (χ1n) is 11.9. The van der Waals surface area contributed by atoms with Crippen LogP contribution in [-0.2, 0) is 12.5 Å². The molecule has 0 atom stereocenters. The Morgan fingerprint density at radius 1 is 0.879 bits per heavy atom. The molecule has 2 aromatic carbocycles. The minimum absolute atomic E-state index is 0.0177. The molecule has 2 aliphatic carbocycles. The Hall–Kier alpha value is -3.33. The largest absolute Gasteiger partial charge is 0.260 e. The van der Waals surface area contributed by atoms with Gasteiger partial charge in [0, 0.05) is 28.8 Å². The summed E-state index contributed by atoms with van der Waals surface area (Å²) in [5.41, 5.74) is 12.7. The topological polar surface area (TPSA) is 16.8 Å². The molecular weight excluding hydrogens is 407 g/mol. The van der Waals surface area contributed by atoms with Gasteiger partial charge in [0.1, 0.15) is 12.9 Å². The van der Waals surface area contributed by atoms with Gasteiger partial charge >= 0.3 is 0 Å². The van der Waals surface area contributed by atoms with E-state index in [2.05, 4.69) is 62.0 Å². The maximum Gasteiger partial charge on any atom is 0.213 e. The van der Waals surface area contributed by atoms with Crippen LogP contribution in [0, 0.1) is 19.7 Å². The second-order valence-corrected chi connectivity index (χ2v) is 9.74. The van der Waals surface area contributed by atoms with Crippen LogP contribution in [0.15, 0.2) is 67.0 Å². The zero-order chi connectivity index (χ0) is 22.7. The molecule has 1 fully saturated rings. The first-order chi connectivity index (χ1) is 16.0. The average molecular weight is 436 g/mol. The summed E-state index contributed by atoms with van der Waals surface area (Å²) in [5, 5.41) is 0. The quantitative estimate of drug-likeness (QED) is 0.315. The van der Waals surface area contributed by atoms with Gasteiger partial charge in [-0.25, -0.2) is 8.96 Å². The Morgan fingerprint density at radius 3 is 2.39 bits per heavy atom. The SMILES string of the molecule is Cc1cc(-c2c(C)ccc3c2C2(CCCC2)c2ncccc2-3)[n+](C)cc1-c1ccc(F)cc1. The van der Waals surface area contributed by atoms with Crippen molar-refractivity contribution in [3.8, 4) is 33.5 Å². The first-order valence-corrected chi connectivity index (χ1v) is 11.9. The van der Waals surface area contributed by atoms with Gasteiger partial charge in [-0.1, -0.05) is 43.2 Å². The average Bonchev–Trinajstić information content (AvgIpc) is 3.41. The van der Waals surface area contributed by atoms with E-state index in [1.807, 2.05) is 18.3 Å². The van der Waals surface area contributed by atoms with E-state index in [1.165, 1.54) is 69.7 Å². The first kappa shape index (κ1) is 20.3. The number of fused-ring (bicyclic) bond motifs is 5. The van der Waals surface area contributed by atoms with Crippen LogP contribution >= 0.6 is 0 Å². The van der Waals surface area contributed by atoms with Crippen LogP contribution in [-0.4, -0.2) is 4.98 Å². The molecule has 2 aliphatic rings. The third kappa shape index (κ3) is 2.91. The number of pyridine rings is 2. The minimum atomic E-state index is -0.206. The van der Waals surface area contributed by atoms with Gasteiger partial charge < -0.3 is 0 Å². The van der Waals surface area contributed by atoms with Crippen molar-refractivity contribution < 1.29 is 8.96 Å². The van der Waals surface area contributed by atoms with Gasteiger partial charge in [-0.2, -0.15) is 0 Å². The van der Waals surface area contributed by atoms with Crippen LogP contribution in [0.2, 0.25) is 0 Å². The zero-order valence-electron chi connectivity index (χ0n) is 19.5. The number of aromatic nitrogens is 2. The monoisotopic (exact) mass is 435 g/mol. The summed E-state index contributed by atoms with van der Waals surface area (Å²) < 4.78 is 15.7. The van der Waals surface area contributed by atoms with E-state index in [1.54, 1.807) is 0 Å². The molecule has 2 heterocycles. The summed E-state index contributed by atoms with van der Waals surface area (Å²) >= 11 is 0. The highest BCUT2D eigenvalue weighted by atomic mass is 19.1. The summed E-state index contributed by atoms with van der Waals surface area (Å²) in [7, 11) is 2.13. The van der Waals surface area contributed by atoms with Gasteiger partial charge in [0.2, 0.25) is 5.69 Å². The van der Waals surface area contributed by atoms with Gasteiger partial charge in [-0.15, -0.1) is 0 Å². The molecule has 2 aromatic heterocycles. The summed E-state index contributed by atoms with van der Waals surface area (Å²) in [6, 6.07) is 18.0. The van der Waals surface area contributed by atoms with Gasteiger partial charge in [0.25, 0.3) is 0 Å². The Labute approximate surface area is 194 Å². The molecule has 2 nitrogen and oxygen atoms in total. The fourth-order valence-corrected chi connectivity index (χ4v) is 6.28. The molecule has 0 bridgehead atoms. The molecular formula is C30H28FN2+. The lowest BCUT2D eigenvalue weighted by Crippen LogP contribution is -2.33. The molecule has 0 unspecified atom stereocenters. The number of benzene rings is 2. The van der Waals surface area contributed by atoms with Gasteiger partial charge in [-0.05, 0) is 72.7 Å². The molecule has 3 heteroatoms. The minimum Gasteiger partial charge on any atom is -0.260 e. The number of hydrogen-bond acceptors (Lipinski definition) is 1. The maximum atomic E-state index is 13.5. The van der Waals surface area contributed by atoms with Crippen LogP contribution in [0.25, 0.3) is 33.5 Å². The number of halogens is 1. The molecule has 1 spiro atoms. The molecule has 164 valence electrons. The normalized spacial score (nSPS) is 15.6. The molecule has 0 radical (unpaired) electrons. The van der Waals surface area contributed by atoms with Crippen molar-refractivity contribution in [3.63, 3.8) is 0 Å².